The second-order valence-electron chi connectivity index (χ2n) is 8.16. The standard InChI is InChI=1S/C21H24N5O3/c1-13-5-7-15(8-6-13)25-21(22-23-24-25)18-17-14(9-10-26(18,2)3)11-16-19(20(17)27-4)29-12-28-16/h5-8,11,18H,9-10,12H2,1-4H3/q+1/t18-/m0/s1. The smallest absolute Gasteiger partial charge is 0.231 e. The summed E-state index contributed by atoms with van der Waals surface area (Å²) in [4.78, 5) is 0. The van der Waals surface area contributed by atoms with Crippen LogP contribution < -0.4 is 14.2 Å². The molecule has 5 rings (SSSR count). The fourth-order valence-corrected chi connectivity index (χ4v) is 4.35. The van der Waals surface area contributed by atoms with E-state index in [0.29, 0.717) is 16.0 Å². The summed E-state index contributed by atoms with van der Waals surface area (Å²) in [5.74, 6) is 2.89. The summed E-state index contributed by atoms with van der Waals surface area (Å²) in [6.45, 7) is 3.22. The predicted molar refractivity (Wildman–Crippen MR) is 106 cm³/mol. The summed E-state index contributed by atoms with van der Waals surface area (Å²) in [6, 6.07) is 10.2. The first-order valence-electron chi connectivity index (χ1n) is 9.67. The highest BCUT2D eigenvalue weighted by atomic mass is 16.7. The lowest BCUT2D eigenvalue weighted by Crippen LogP contribution is -2.49. The van der Waals surface area contributed by atoms with Crippen molar-refractivity contribution in [3.8, 4) is 22.9 Å². The van der Waals surface area contributed by atoms with Crippen molar-refractivity contribution in [2.24, 2.45) is 0 Å². The highest BCUT2D eigenvalue weighted by Gasteiger charge is 2.45. The topological polar surface area (TPSA) is 71.3 Å². The first-order chi connectivity index (χ1) is 14.0. The molecule has 8 nitrogen and oxygen atoms in total. The second kappa shape index (κ2) is 6.45. The Morgan fingerprint density at radius 3 is 2.72 bits per heavy atom. The Kier molecular flexibility index (Phi) is 3.99. The minimum atomic E-state index is -0.112. The number of likely N-dealkylation sites (N-methyl/N-ethyl adjacent to an activating group) is 1. The molecule has 0 unspecified atom stereocenters. The van der Waals surface area contributed by atoms with Crippen molar-refractivity contribution in [1.29, 1.82) is 0 Å². The van der Waals surface area contributed by atoms with Crippen molar-refractivity contribution < 1.29 is 18.7 Å². The third kappa shape index (κ3) is 2.74. The average Bonchev–Trinajstić information content (AvgIpc) is 3.36. The Hall–Kier alpha value is -3.13. The number of nitrogens with zero attached hydrogens (tertiary/aromatic N) is 5. The van der Waals surface area contributed by atoms with Crippen LogP contribution in [0.15, 0.2) is 30.3 Å². The predicted octanol–water partition coefficient (Wildman–Crippen LogP) is 2.43. The molecule has 2 aliphatic rings. The molecule has 29 heavy (non-hydrogen) atoms. The molecule has 2 aliphatic heterocycles. The van der Waals surface area contributed by atoms with Gasteiger partial charge in [0.1, 0.15) is 0 Å². The zero-order valence-electron chi connectivity index (χ0n) is 17.0. The number of quaternary nitrogens is 1. The SMILES string of the molecule is COc1c2c(cc3c1[C@@H](c1nnnn1-c1ccc(C)cc1)[N+](C)(C)CC3)OCO2. The van der Waals surface area contributed by atoms with Crippen LogP contribution in [0.25, 0.3) is 5.69 Å². The maximum absolute atomic E-state index is 5.85. The van der Waals surface area contributed by atoms with Crippen LogP contribution in [0.2, 0.25) is 0 Å². The lowest BCUT2D eigenvalue weighted by Gasteiger charge is -2.42. The quantitative estimate of drug-likeness (QED) is 0.636. The van der Waals surface area contributed by atoms with E-state index in [2.05, 4.69) is 54.7 Å². The molecule has 0 saturated heterocycles. The third-order valence-corrected chi connectivity index (χ3v) is 5.89. The second-order valence-corrected chi connectivity index (χ2v) is 8.16. The number of ether oxygens (including phenoxy) is 3. The van der Waals surface area contributed by atoms with Crippen LogP contribution in [0.4, 0.5) is 0 Å². The van der Waals surface area contributed by atoms with E-state index in [1.54, 1.807) is 7.11 Å². The molecule has 0 amide bonds. The first kappa shape index (κ1) is 17.9. The van der Waals surface area contributed by atoms with Gasteiger partial charge in [0.05, 0.1) is 39.0 Å². The highest BCUT2D eigenvalue weighted by Crippen LogP contribution is 2.51. The number of fused-ring (bicyclic) bond motifs is 2. The molecule has 3 heterocycles. The molecule has 0 fully saturated rings. The van der Waals surface area contributed by atoms with Gasteiger partial charge in [0.15, 0.2) is 17.5 Å². The van der Waals surface area contributed by atoms with Gasteiger partial charge < -0.3 is 18.7 Å². The summed E-state index contributed by atoms with van der Waals surface area (Å²) in [7, 11) is 6.07. The molecule has 0 radical (unpaired) electrons. The number of hydrogen-bond acceptors (Lipinski definition) is 6. The van der Waals surface area contributed by atoms with Gasteiger partial charge in [0, 0.05) is 6.42 Å². The Balaban J connectivity index is 1.73. The van der Waals surface area contributed by atoms with Crippen LogP contribution in [0.3, 0.4) is 0 Å². The van der Waals surface area contributed by atoms with E-state index in [-0.39, 0.29) is 12.8 Å². The van der Waals surface area contributed by atoms with Crippen LogP contribution in [-0.2, 0) is 6.42 Å². The number of rotatable bonds is 3. The van der Waals surface area contributed by atoms with Gasteiger partial charge in [-0.05, 0) is 41.1 Å². The maximum atomic E-state index is 5.85. The fourth-order valence-electron chi connectivity index (χ4n) is 4.35. The zero-order valence-corrected chi connectivity index (χ0v) is 17.0. The van der Waals surface area contributed by atoms with Gasteiger partial charge in [-0.1, -0.05) is 17.7 Å². The minimum absolute atomic E-state index is 0.112. The number of benzene rings is 2. The number of aryl methyl sites for hydroxylation is 1. The van der Waals surface area contributed by atoms with Crippen LogP contribution in [0.5, 0.6) is 17.2 Å². The summed E-state index contributed by atoms with van der Waals surface area (Å²) in [5.41, 5.74) is 4.38. The highest BCUT2D eigenvalue weighted by molar-refractivity contribution is 5.62. The average molecular weight is 394 g/mol. The van der Waals surface area contributed by atoms with Crippen molar-refractivity contribution in [3.05, 3.63) is 52.8 Å². The van der Waals surface area contributed by atoms with Gasteiger partial charge in [0.25, 0.3) is 0 Å². The first-order valence-corrected chi connectivity index (χ1v) is 9.67. The monoisotopic (exact) mass is 394 g/mol. The van der Waals surface area contributed by atoms with E-state index in [9.17, 15) is 0 Å². The summed E-state index contributed by atoms with van der Waals surface area (Å²) in [5, 5.41) is 12.8. The van der Waals surface area contributed by atoms with E-state index in [1.165, 1.54) is 11.1 Å². The zero-order chi connectivity index (χ0) is 20.2. The van der Waals surface area contributed by atoms with Gasteiger partial charge in [-0.2, -0.15) is 4.68 Å². The molecular weight excluding hydrogens is 370 g/mol. The van der Waals surface area contributed by atoms with E-state index in [1.807, 2.05) is 16.8 Å². The van der Waals surface area contributed by atoms with Gasteiger partial charge in [-0.15, -0.1) is 5.10 Å². The van der Waals surface area contributed by atoms with E-state index >= 15 is 0 Å². The fraction of sp³-hybridized carbons (Fsp3) is 0.381. The van der Waals surface area contributed by atoms with Gasteiger partial charge in [0.2, 0.25) is 18.4 Å². The molecule has 0 N–H and O–H groups in total. The number of methoxy groups -OCH3 is 1. The molecule has 0 saturated carbocycles. The lowest BCUT2D eigenvalue weighted by molar-refractivity contribution is -0.917. The van der Waals surface area contributed by atoms with Gasteiger partial charge >= 0.3 is 0 Å². The molecule has 1 aromatic heterocycles. The Bertz CT molecular complexity index is 1070. The van der Waals surface area contributed by atoms with Crippen LogP contribution in [0, 0.1) is 6.92 Å². The van der Waals surface area contributed by atoms with Crippen molar-refractivity contribution >= 4 is 0 Å². The number of tetrazole rings is 1. The normalized spacial score (nSPS) is 19.1. The number of aromatic nitrogens is 4. The molecule has 0 bridgehead atoms. The minimum Gasteiger partial charge on any atom is -0.492 e. The van der Waals surface area contributed by atoms with Crippen LogP contribution >= 0.6 is 0 Å². The third-order valence-electron chi connectivity index (χ3n) is 5.89. The lowest BCUT2D eigenvalue weighted by atomic mass is 9.88. The Morgan fingerprint density at radius 1 is 1.17 bits per heavy atom. The van der Waals surface area contributed by atoms with Gasteiger partial charge in [-0.3, -0.25) is 0 Å². The molecule has 1 atom stereocenters. The molecule has 8 heteroatoms. The van der Waals surface area contributed by atoms with Crippen molar-refractivity contribution in [3.63, 3.8) is 0 Å². The van der Waals surface area contributed by atoms with Gasteiger partial charge in [-0.25, -0.2) is 0 Å². The number of hydrogen-bond donors (Lipinski definition) is 0. The molecule has 0 aliphatic carbocycles. The van der Waals surface area contributed by atoms with E-state index in [4.69, 9.17) is 14.2 Å². The Labute approximate surface area is 169 Å². The maximum Gasteiger partial charge on any atom is 0.231 e. The van der Waals surface area contributed by atoms with Crippen LogP contribution in [0.1, 0.15) is 28.6 Å². The van der Waals surface area contributed by atoms with Crippen molar-refractivity contribution in [2.75, 3.05) is 34.5 Å². The summed E-state index contributed by atoms with van der Waals surface area (Å²) in [6.07, 6.45) is 0.915. The van der Waals surface area contributed by atoms with E-state index < -0.39 is 0 Å². The largest absolute Gasteiger partial charge is 0.492 e. The van der Waals surface area contributed by atoms with Crippen LogP contribution in [-0.4, -0.2) is 59.2 Å². The summed E-state index contributed by atoms with van der Waals surface area (Å²) < 4.78 is 19.7. The van der Waals surface area contributed by atoms with Crippen molar-refractivity contribution in [2.45, 2.75) is 19.4 Å². The molecule has 3 aromatic rings. The molecule has 150 valence electrons. The van der Waals surface area contributed by atoms with Crippen molar-refractivity contribution in [1.82, 2.24) is 20.2 Å². The Morgan fingerprint density at radius 2 is 1.97 bits per heavy atom. The summed E-state index contributed by atoms with van der Waals surface area (Å²) >= 11 is 0. The molecule has 0 spiro atoms. The van der Waals surface area contributed by atoms with E-state index in [0.717, 1.165) is 35.8 Å². The molecular formula is C21H24N5O3+. The molecule has 2 aromatic carbocycles.